The van der Waals surface area contributed by atoms with Crippen molar-refractivity contribution >= 4 is 36.3 Å². The first kappa shape index (κ1) is 18.6. The van der Waals surface area contributed by atoms with E-state index in [2.05, 4.69) is 9.24 Å². The van der Waals surface area contributed by atoms with Gasteiger partial charge < -0.3 is 0 Å². The van der Waals surface area contributed by atoms with E-state index in [1.165, 1.54) is 12.1 Å². The zero-order valence-electron chi connectivity index (χ0n) is 14.6. The van der Waals surface area contributed by atoms with Gasteiger partial charge in [-0.25, -0.2) is 13.4 Å². The molecule has 1 heterocycles. The SMILES string of the molecule is O=C1CN(c2ccc(-c3ccc(-c4ccc(F)cc4)cc3)cc2P)S(=O)(=O)N1. The van der Waals surface area contributed by atoms with Crippen molar-refractivity contribution in [2.24, 2.45) is 0 Å². The van der Waals surface area contributed by atoms with Crippen molar-refractivity contribution in [3.8, 4) is 22.3 Å². The topological polar surface area (TPSA) is 66.5 Å². The highest BCUT2D eigenvalue weighted by Gasteiger charge is 2.34. The molecule has 4 rings (SSSR count). The number of carbonyl (C=O) groups excluding carboxylic acids is 1. The van der Waals surface area contributed by atoms with Crippen LogP contribution in [0.1, 0.15) is 0 Å². The molecule has 28 heavy (non-hydrogen) atoms. The summed E-state index contributed by atoms with van der Waals surface area (Å²) >= 11 is 0. The Morgan fingerprint density at radius 1 is 0.857 bits per heavy atom. The van der Waals surface area contributed by atoms with E-state index in [9.17, 15) is 17.6 Å². The van der Waals surface area contributed by atoms with E-state index in [4.69, 9.17) is 0 Å². The second-order valence-corrected chi connectivity index (χ2v) is 8.61. The molecular formula is C20H16FN2O3PS. The van der Waals surface area contributed by atoms with Crippen molar-refractivity contribution in [2.45, 2.75) is 0 Å². The first-order chi connectivity index (χ1) is 13.3. The normalized spacial score (nSPS) is 15.5. The van der Waals surface area contributed by atoms with Gasteiger partial charge in [0.25, 0.3) is 5.91 Å². The number of benzene rings is 3. The van der Waals surface area contributed by atoms with Crippen molar-refractivity contribution in [2.75, 3.05) is 10.8 Å². The summed E-state index contributed by atoms with van der Waals surface area (Å²) in [4.78, 5) is 11.5. The van der Waals surface area contributed by atoms with Gasteiger partial charge in [-0.2, -0.15) is 8.42 Å². The molecule has 1 unspecified atom stereocenters. The van der Waals surface area contributed by atoms with Crippen LogP contribution >= 0.6 is 9.24 Å². The van der Waals surface area contributed by atoms with Crippen LogP contribution in [0.25, 0.3) is 22.3 Å². The van der Waals surface area contributed by atoms with E-state index < -0.39 is 16.1 Å². The van der Waals surface area contributed by atoms with Crippen LogP contribution in [0.2, 0.25) is 0 Å². The van der Waals surface area contributed by atoms with Crippen LogP contribution in [0, 0.1) is 5.82 Å². The van der Waals surface area contributed by atoms with Gasteiger partial charge in [-0.1, -0.05) is 42.5 Å². The summed E-state index contributed by atoms with van der Waals surface area (Å²) < 4.78 is 40.2. The smallest absolute Gasteiger partial charge is 0.272 e. The van der Waals surface area contributed by atoms with Crippen LogP contribution in [-0.4, -0.2) is 20.9 Å². The summed E-state index contributed by atoms with van der Waals surface area (Å²) in [6, 6.07) is 19.5. The van der Waals surface area contributed by atoms with Gasteiger partial charge >= 0.3 is 10.2 Å². The lowest BCUT2D eigenvalue weighted by Crippen LogP contribution is -2.31. The van der Waals surface area contributed by atoms with E-state index >= 15 is 0 Å². The van der Waals surface area contributed by atoms with Crippen LogP contribution in [0.3, 0.4) is 0 Å². The largest absolute Gasteiger partial charge is 0.326 e. The van der Waals surface area contributed by atoms with Gasteiger partial charge in [-0.05, 0) is 51.8 Å². The second-order valence-electron chi connectivity index (χ2n) is 6.39. The summed E-state index contributed by atoms with van der Waals surface area (Å²) in [5, 5.41) is 0.667. The summed E-state index contributed by atoms with van der Waals surface area (Å²) in [6.07, 6.45) is 0. The van der Waals surface area contributed by atoms with Gasteiger partial charge in [0.05, 0.1) is 5.69 Å². The molecule has 1 N–H and O–H groups in total. The maximum Gasteiger partial charge on any atom is 0.326 e. The van der Waals surface area contributed by atoms with Gasteiger partial charge in [0.1, 0.15) is 12.4 Å². The maximum absolute atomic E-state index is 13.1. The molecule has 0 aliphatic carbocycles. The average Bonchev–Trinajstić information content (AvgIpc) is 2.94. The highest BCUT2D eigenvalue weighted by atomic mass is 32.2. The van der Waals surface area contributed by atoms with E-state index in [-0.39, 0.29) is 12.4 Å². The molecule has 1 saturated heterocycles. The molecule has 142 valence electrons. The minimum Gasteiger partial charge on any atom is -0.272 e. The molecule has 1 fully saturated rings. The van der Waals surface area contributed by atoms with Crippen LogP contribution in [-0.2, 0) is 15.0 Å². The molecule has 0 aromatic heterocycles. The third kappa shape index (κ3) is 3.51. The first-order valence-electron chi connectivity index (χ1n) is 8.43. The van der Waals surface area contributed by atoms with Crippen LogP contribution in [0.5, 0.6) is 0 Å². The third-order valence-electron chi connectivity index (χ3n) is 4.51. The fraction of sp³-hybridized carbons (Fsp3) is 0.0500. The molecule has 3 aromatic rings. The van der Waals surface area contributed by atoms with Crippen molar-refractivity contribution < 1.29 is 17.6 Å². The monoisotopic (exact) mass is 414 g/mol. The molecule has 0 spiro atoms. The van der Waals surface area contributed by atoms with E-state index in [1.807, 2.05) is 41.1 Å². The Balaban J connectivity index is 1.63. The molecule has 1 aliphatic rings. The van der Waals surface area contributed by atoms with Crippen LogP contribution in [0.15, 0.2) is 66.7 Å². The highest BCUT2D eigenvalue weighted by Crippen LogP contribution is 2.28. The number of hydrogen-bond acceptors (Lipinski definition) is 3. The van der Waals surface area contributed by atoms with E-state index in [0.717, 1.165) is 26.6 Å². The van der Waals surface area contributed by atoms with Crippen molar-refractivity contribution in [1.82, 2.24) is 4.72 Å². The summed E-state index contributed by atoms with van der Waals surface area (Å²) in [5.74, 6) is -0.824. The number of rotatable bonds is 3. The van der Waals surface area contributed by atoms with Crippen LogP contribution in [0.4, 0.5) is 10.1 Å². The molecule has 5 nitrogen and oxygen atoms in total. The molecular weight excluding hydrogens is 398 g/mol. The Kier molecular flexibility index (Phi) is 4.65. The average molecular weight is 414 g/mol. The highest BCUT2D eigenvalue weighted by molar-refractivity contribution is 7.92. The van der Waals surface area contributed by atoms with Crippen molar-refractivity contribution in [1.29, 1.82) is 0 Å². The first-order valence-corrected chi connectivity index (χ1v) is 10.4. The molecule has 1 aliphatic heterocycles. The minimum absolute atomic E-state index is 0.227. The Labute approximate surface area is 164 Å². The van der Waals surface area contributed by atoms with Crippen molar-refractivity contribution in [3.05, 3.63) is 72.5 Å². The Bertz CT molecular complexity index is 1160. The number of nitrogens with zero attached hydrogens (tertiary/aromatic N) is 1. The van der Waals surface area contributed by atoms with Crippen molar-refractivity contribution in [3.63, 3.8) is 0 Å². The molecule has 0 bridgehead atoms. The zero-order valence-corrected chi connectivity index (χ0v) is 16.6. The Hall–Kier alpha value is -2.76. The number of carbonyl (C=O) groups is 1. The molecule has 1 amide bonds. The maximum atomic E-state index is 13.1. The van der Waals surface area contributed by atoms with E-state index in [1.54, 1.807) is 18.2 Å². The molecule has 1 atom stereocenters. The summed E-state index contributed by atoms with van der Waals surface area (Å²) in [7, 11) is -1.32. The zero-order chi connectivity index (χ0) is 19.9. The lowest BCUT2D eigenvalue weighted by Gasteiger charge is -2.18. The summed E-state index contributed by atoms with van der Waals surface area (Å²) in [6.45, 7) is -0.227. The van der Waals surface area contributed by atoms with E-state index in [0.29, 0.717) is 11.0 Å². The van der Waals surface area contributed by atoms with Gasteiger partial charge in [0.2, 0.25) is 0 Å². The Morgan fingerprint density at radius 3 is 1.86 bits per heavy atom. The number of halogens is 1. The fourth-order valence-electron chi connectivity index (χ4n) is 3.12. The van der Waals surface area contributed by atoms with Gasteiger partial charge in [0.15, 0.2) is 0 Å². The standard InChI is InChI=1S/C20H16FN2O3PS/c21-17-8-5-14(6-9-17)13-1-3-15(4-2-13)16-7-10-18(19(27)11-16)23-12-20(24)22-28(23,25)26/h1-11H,12,27H2,(H,22,24). The quantitative estimate of drug-likeness (QED) is 0.671. The number of nitrogens with one attached hydrogen (secondary N) is 1. The lowest BCUT2D eigenvalue weighted by molar-refractivity contribution is -0.117. The predicted molar refractivity (Wildman–Crippen MR) is 111 cm³/mol. The summed E-state index contributed by atoms with van der Waals surface area (Å²) in [5.41, 5.74) is 4.20. The molecule has 0 radical (unpaired) electrons. The minimum atomic E-state index is -3.83. The third-order valence-corrected chi connectivity index (χ3v) is 6.37. The number of hydrogen-bond donors (Lipinski definition) is 1. The van der Waals surface area contributed by atoms with Crippen LogP contribution < -0.4 is 14.3 Å². The fourth-order valence-corrected chi connectivity index (χ4v) is 4.82. The number of amides is 1. The molecule has 8 heteroatoms. The second kappa shape index (κ2) is 7.00. The molecule has 3 aromatic carbocycles. The van der Waals surface area contributed by atoms with Gasteiger partial charge in [-0.15, -0.1) is 9.24 Å². The Morgan fingerprint density at radius 2 is 1.36 bits per heavy atom. The lowest BCUT2D eigenvalue weighted by atomic mass is 10.00. The van der Waals surface area contributed by atoms with Gasteiger partial charge in [0, 0.05) is 0 Å². The number of anilines is 1. The molecule has 0 saturated carbocycles. The van der Waals surface area contributed by atoms with Gasteiger partial charge in [-0.3, -0.25) is 4.79 Å². The predicted octanol–water partition coefficient (Wildman–Crippen LogP) is 2.84.